The van der Waals surface area contributed by atoms with Crippen molar-refractivity contribution in [2.75, 3.05) is 0 Å². The average Bonchev–Trinajstić information content (AvgIpc) is 2.73. The highest BCUT2D eigenvalue weighted by Crippen LogP contribution is 2.12. The molecule has 0 aliphatic rings. The van der Waals surface area contributed by atoms with Crippen molar-refractivity contribution in [3.05, 3.63) is 23.7 Å². The molecular weight excluding hydrogens is 262 g/mol. The maximum Gasteiger partial charge on any atom is 0.408 e. The first-order valence-electron chi connectivity index (χ1n) is 6.51. The van der Waals surface area contributed by atoms with Gasteiger partial charge in [-0.1, -0.05) is 6.92 Å². The molecule has 6 heteroatoms. The molecule has 2 N–H and O–H groups in total. The monoisotopic (exact) mass is 283 g/mol. The highest BCUT2D eigenvalue weighted by molar-refractivity contribution is 5.80. The number of furan rings is 1. The van der Waals surface area contributed by atoms with Crippen LogP contribution in [0, 0.1) is 0 Å². The minimum absolute atomic E-state index is 0.0780. The smallest absolute Gasteiger partial charge is 0.408 e. The molecule has 0 saturated carbocycles. The van der Waals surface area contributed by atoms with Crippen molar-refractivity contribution in [1.82, 2.24) is 5.32 Å². The summed E-state index contributed by atoms with van der Waals surface area (Å²) in [7, 11) is 0. The van der Waals surface area contributed by atoms with Crippen LogP contribution in [0.4, 0.5) is 4.79 Å². The van der Waals surface area contributed by atoms with Crippen LogP contribution in [0.5, 0.6) is 0 Å². The molecule has 0 aliphatic heterocycles. The molecule has 112 valence electrons. The Hall–Kier alpha value is -1.98. The molecule has 0 bridgehead atoms. The van der Waals surface area contributed by atoms with E-state index >= 15 is 0 Å². The fourth-order valence-electron chi connectivity index (χ4n) is 1.57. The second kappa shape index (κ2) is 6.45. The lowest BCUT2D eigenvalue weighted by Gasteiger charge is -2.21. The second-order valence-electron chi connectivity index (χ2n) is 5.46. The minimum atomic E-state index is -1.13. The quantitative estimate of drug-likeness (QED) is 0.866. The Kier molecular flexibility index (Phi) is 5.19. The largest absolute Gasteiger partial charge is 0.480 e. The standard InChI is InChI=1S/C14H21NO5/c1-5-9-6-7-10(19-9)8-11(12(16)17)15-13(18)20-14(2,3)4/h6-7,11H,5,8H2,1-4H3,(H,15,18)(H,16,17). The molecule has 1 atom stereocenters. The Bertz CT molecular complexity index is 472. The van der Waals surface area contributed by atoms with Crippen LogP contribution in [0.1, 0.15) is 39.2 Å². The molecule has 1 aromatic rings. The maximum atomic E-state index is 11.6. The second-order valence-corrected chi connectivity index (χ2v) is 5.46. The predicted molar refractivity (Wildman–Crippen MR) is 72.6 cm³/mol. The Labute approximate surface area is 118 Å². The number of aryl methyl sites for hydroxylation is 1. The van der Waals surface area contributed by atoms with Crippen molar-refractivity contribution in [1.29, 1.82) is 0 Å². The molecule has 0 fully saturated rings. The van der Waals surface area contributed by atoms with Gasteiger partial charge in [-0.05, 0) is 32.9 Å². The fraction of sp³-hybridized carbons (Fsp3) is 0.571. The number of hydrogen-bond donors (Lipinski definition) is 2. The van der Waals surface area contributed by atoms with Crippen molar-refractivity contribution < 1.29 is 23.8 Å². The number of ether oxygens (including phenoxy) is 1. The highest BCUT2D eigenvalue weighted by atomic mass is 16.6. The average molecular weight is 283 g/mol. The van der Waals surface area contributed by atoms with E-state index in [1.807, 2.05) is 6.92 Å². The first kappa shape index (κ1) is 16.1. The van der Waals surface area contributed by atoms with E-state index in [1.165, 1.54) is 0 Å². The Balaban J connectivity index is 2.65. The highest BCUT2D eigenvalue weighted by Gasteiger charge is 2.25. The number of hydrogen-bond acceptors (Lipinski definition) is 4. The fourth-order valence-corrected chi connectivity index (χ4v) is 1.57. The lowest BCUT2D eigenvalue weighted by Crippen LogP contribution is -2.44. The van der Waals surface area contributed by atoms with Gasteiger partial charge in [0.05, 0.1) is 0 Å². The zero-order valence-corrected chi connectivity index (χ0v) is 12.2. The number of nitrogens with one attached hydrogen (secondary N) is 1. The summed E-state index contributed by atoms with van der Waals surface area (Å²) >= 11 is 0. The number of rotatable bonds is 5. The predicted octanol–water partition coefficient (Wildman–Crippen LogP) is 2.36. The Morgan fingerprint density at radius 1 is 1.35 bits per heavy atom. The number of carboxylic acid groups (broad SMARTS) is 1. The third-order valence-electron chi connectivity index (χ3n) is 2.46. The van der Waals surface area contributed by atoms with Gasteiger partial charge in [-0.3, -0.25) is 0 Å². The summed E-state index contributed by atoms with van der Waals surface area (Å²) in [5.41, 5.74) is -0.673. The summed E-state index contributed by atoms with van der Waals surface area (Å²) in [5.74, 6) is 0.164. The zero-order valence-electron chi connectivity index (χ0n) is 12.2. The van der Waals surface area contributed by atoms with Gasteiger partial charge in [-0.2, -0.15) is 0 Å². The van der Waals surface area contributed by atoms with Crippen LogP contribution in [0.3, 0.4) is 0 Å². The van der Waals surface area contributed by atoms with E-state index in [9.17, 15) is 9.59 Å². The van der Waals surface area contributed by atoms with Crippen LogP contribution in [-0.4, -0.2) is 28.8 Å². The number of alkyl carbamates (subject to hydrolysis) is 1. The maximum absolute atomic E-state index is 11.6. The first-order chi connectivity index (χ1) is 9.21. The van der Waals surface area contributed by atoms with Gasteiger partial charge in [0.2, 0.25) is 0 Å². The number of carbonyl (C=O) groups is 2. The Morgan fingerprint density at radius 2 is 1.95 bits per heavy atom. The number of carbonyl (C=O) groups excluding carboxylic acids is 1. The van der Waals surface area contributed by atoms with Crippen LogP contribution in [-0.2, 0) is 22.4 Å². The lowest BCUT2D eigenvalue weighted by molar-refractivity contribution is -0.139. The van der Waals surface area contributed by atoms with Gasteiger partial charge < -0.3 is 19.6 Å². The summed E-state index contributed by atoms with van der Waals surface area (Å²) in [6.07, 6.45) is 0.0541. The summed E-state index contributed by atoms with van der Waals surface area (Å²) in [4.78, 5) is 22.8. The van der Waals surface area contributed by atoms with Gasteiger partial charge >= 0.3 is 12.1 Å². The molecule has 1 aromatic heterocycles. The molecule has 1 unspecified atom stereocenters. The molecule has 6 nitrogen and oxygen atoms in total. The minimum Gasteiger partial charge on any atom is -0.480 e. The van der Waals surface area contributed by atoms with Crippen molar-refractivity contribution in [3.8, 4) is 0 Å². The van der Waals surface area contributed by atoms with Crippen LogP contribution in [0.25, 0.3) is 0 Å². The molecule has 1 rings (SSSR count). The normalized spacial score (nSPS) is 12.8. The summed E-state index contributed by atoms with van der Waals surface area (Å²) in [6.45, 7) is 7.07. The van der Waals surface area contributed by atoms with Crippen molar-refractivity contribution in [2.24, 2.45) is 0 Å². The molecule has 0 spiro atoms. The van der Waals surface area contributed by atoms with Crippen molar-refractivity contribution in [2.45, 2.75) is 52.2 Å². The van der Waals surface area contributed by atoms with Crippen LogP contribution >= 0.6 is 0 Å². The molecule has 0 aromatic carbocycles. The number of amides is 1. The summed E-state index contributed by atoms with van der Waals surface area (Å²) in [5, 5.41) is 11.5. The molecule has 1 heterocycles. The van der Waals surface area contributed by atoms with E-state index < -0.39 is 23.7 Å². The number of aliphatic carboxylic acids is 1. The van der Waals surface area contributed by atoms with E-state index in [1.54, 1.807) is 32.9 Å². The molecule has 0 saturated heterocycles. The zero-order chi connectivity index (χ0) is 15.3. The van der Waals surface area contributed by atoms with E-state index in [0.29, 0.717) is 5.76 Å². The van der Waals surface area contributed by atoms with E-state index in [4.69, 9.17) is 14.3 Å². The van der Waals surface area contributed by atoms with Gasteiger partial charge in [0.1, 0.15) is 23.2 Å². The lowest BCUT2D eigenvalue weighted by atomic mass is 10.1. The first-order valence-corrected chi connectivity index (χ1v) is 6.51. The molecule has 20 heavy (non-hydrogen) atoms. The molecule has 0 aliphatic carbocycles. The third-order valence-corrected chi connectivity index (χ3v) is 2.46. The van der Waals surface area contributed by atoms with Crippen LogP contribution in [0.2, 0.25) is 0 Å². The topological polar surface area (TPSA) is 88.8 Å². The van der Waals surface area contributed by atoms with Crippen LogP contribution in [0.15, 0.2) is 16.5 Å². The van der Waals surface area contributed by atoms with E-state index in [2.05, 4.69) is 5.32 Å². The van der Waals surface area contributed by atoms with E-state index in [0.717, 1.165) is 12.2 Å². The third kappa shape index (κ3) is 5.34. The van der Waals surface area contributed by atoms with E-state index in [-0.39, 0.29) is 6.42 Å². The van der Waals surface area contributed by atoms with Crippen LogP contribution < -0.4 is 5.32 Å². The SMILES string of the molecule is CCc1ccc(CC(NC(=O)OC(C)(C)C)C(=O)O)o1. The van der Waals surface area contributed by atoms with Gasteiger partial charge in [0, 0.05) is 12.8 Å². The molecular formula is C14H21NO5. The molecule has 0 radical (unpaired) electrons. The Morgan fingerprint density at radius 3 is 2.40 bits per heavy atom. The van der Waals surface area contributed by atoms with Gasteiger partial charge in [0.25, 0.3) is 0 Å². The van der Waals surface area contributed by atoms with Gasteiger partial charge in [-0.25, -0.2) is 9.59 Å². The number of carboxylic acids is 1. The summed E-state index contributed by atoms with van der Waals surface area (Å²) in [6, 6.07) is 2.42. The molecule has 1 amide bonds. The van der Waals surface area contributed by atoms with Crippen molar-refractivity contribution in [3.63, 3.8) is 0 Å². The van der Waals surface area contributed by atoms with Gasteiger partial charge in [0.15, 0.2) is 0 Å². The van der Waals surface area contributed by atoms with Crippen molar-refractivity contribution >= 4 is 12.1 Å². The van der Waals surface area contributed by atoms with Gasteiger partial charge in [-0.15, -0.1) is 0 Å². The summed E-state index contributed by atoms with van der Waals surface area (Å²) < 4.78 is 10.5.